The smallest absolute Gasteiger partial charge is 0.134 e. The van der Waals surface area contributed by atoms with Crippen LogP contribution < -0.4 is 0 Å². The summed E-state index contributed by atoms with van der Waals surface area (Å²) >= 11 is 0. The van der Waals surface area contributed by atoms with Crippen molar-refractivity contribution < 1.29 is 15.0 Å². The Morgan fingerprint density at radius 3 is 2.75 bits per heavy atom. The average molecular weight is 327 g/mol. The molecule has 3 aliphatic heterocycles. The minimum atomic E-state index is -0.501. The quantitative estimate of drug-likeness (QED) is 0.651. The lowest BCUT2D eigenvalue weighted by Gasteiger charge is -2.65. The molecular formula is C20H25NO3. The highest BCUT2D eigenvalue weighted by Crippen LogP contribution is 2.86. The number of carbonyl (C=O) groups excluding carboxylic acids is 1. The van der Waals surface area contributed by atoms with Gasteiger partial charge in [0.25, 0.3) is 0 Å². The Morgan fingerprint density at radius 1 is 1.17 bits per heavy atom. The normalized spacial score (nSPS) is 73.0. The molecule has 3 heterocycles. The van der Waals surface area contributed by atoms with Gasteiger partial charge in [0.15, 0.2) is 0 Å². The number of rotatable bonds is 0. The van der Waals surface area contributed by atoms with E-state index in [-0.39, 0.29) is 34.0 Å². The van der Waals surface area contributed by atoms with Crippen molar-refractivity contribution in [3.8, 4) is 0 Å². The van der Waals surface area contributed by atoms with Gasteiger partial charge in [0.1, 0.15) is 5.78 Å². The van der Waals surface area contributed by atoms with Crippen molar-refractivity contribution >= 4 is 5.78 Å². The number of nitrogens with zero attached hydrogens (tertiary/aromatic N) is 1. The van der Waals surface area contributed by atoms with E-state index in [9.17, 15) is 15.0 Å². The van der Waals surface area contributed by atoms with E-state index < -0.39 is 12.2 Å². The predicted octanol–water partition coefficient (Wildman–Crippen LogP) is 0.972. The van der Waals surface area contributed by atoms with Gasteiger partial charge in [0.2, 0.25) is 0 Å². The molecule has 0 aromatic carbocycles. The SMILES string of the molecule is C=C1C[C@@]23C[C@H]4[C@@H]5[C@]6(C)CC(=O)C[C@@]57[C@@H]2[C@H](O)[C@@H]1C(O)[C@@H]3[C@H]7N4C6. The summed E-state index contributed by atoms with van der Waals surface area (Å²) in [5, 5.41) is 22.5. The van der Waals surface area contributed by atoms with E-state index in [0.29, 0.717) is 30.2 Å². The summed E-state index contributed by atoms with van der Waals surface area (Å²) in [6.45, 7) is 7.58. The first kappa shape index (κ1) is 13.5. The van der Waals surface area contributed by atoms with Crippen molar-refractivity contribution in [3.63, 3.8) is 0 Å². The van der Waals surface area contributed by atoms with E-state index in [2.05, 4.69) is 18.4 Å². The highest BCUT2D eigenvalue weighted by atomic mass is 16.3. The minimum Gasteiger partial charge on any atom is -0.392 e. The largest absolute Gasteiger partial charge is 0.392 e. The molecular weight excluding hydrogens is 302 g/mol. The zero-order valence-electron chi connectivity index (χ0n) is 14.1. The van der Waals surface area contributed by atoms with E-state index >= 15 is 0 Å². The Morgan fingerprint density at radius 2 is 1.96 bits per heavy atom. The Hall–Kier alpha value is -0.710. The zero-order chi connectivity index (χ0) is 16.4. The third-order valence-electron chi connectivity index (χ3n) is 9.96. The molecule has 0 aromatic rings. The van der Waals surface area contributed by atoms with Crippen LogP contribution >= 0.6 is 0 Å². The van der Waals surface area contributed by atoms with Crippen LogP contribution in [0.15, 0.2) is 12.2 Å². The summed E-state index contributed by atoms with van der Waals surface area (Å²) in [5.74, 6) is 1.23. The maximum Gasteiger partial charge on any atom is 0.134 e. The Bertz CT molecular complexity index is 749. The lowest BCUT2D eigenvalue weighted by Crippen LogP contribution is -2.67. The summed E-state index contributed by atoms with van der Waals surface area (Å²) < 4.78 is 0. The first-order valence-electron chi connectivity index (χ1n) is 9.66. The molecule has 12 atom stereocenters. The molecule has 9 rings (SSSR count). The Kier molecular flexibility index (Phi) is 1.86. The number of piperidine rings is 2. The summed E-state index contributed by atoms with van der Waals surface area (Å²) in [6.07, 6.45) is 2.48. The standard InChI is InChI=1S/C20H25NO3/c1-8-3-19-6-10-15-18(2)4-9(22)5-20(15)16(19)14(24)11(8)13(23)12(19)17(20)21(10)7-18/h10-17,23-24H,1,3-7H2,2H3/t10-,11-,12+,13?,14+,15+,16+,17+,18+,19-,20-/m0/s1. The van der Waals surface area contributed by atoms with Crippen LogP contribution in [0.4, 0.5) is 0 Å². The van der Waals surface area contributed by atoms with Crippen molar-refractivity contribution in [1.82, 2.24) is 4.90 Å². The van der Waals surface area contributed by atoms with Crippen molar-refractivity contribution in [2.24, 2.45) is 39.9 Å². The minimum absolute atomic E-state index is 0.00979. The van der Waals surface area contributed by atoms with Crippen LogP contribution in [-0.2, 0) is 4.79 Å². The first-order chi connectivity index (χ1) is 11.4. The second-order valence-electron chi connectivity index (χ2n) is 10.6. The third kappa shape index (κ3) is 0.945. The number of carbonyl (C=O) groups is 1. The summed E-state index contributed by atoms with van der Waals surface area (Å²) in [7, 11) is 0. The second kappa shape index (κ2) is 3.30. The highest BCUT2D eigenvalue weighted by molar-refractivity contribution is 5.82. The van der Waals surface area contributed by atoms with Crippen LogP contribution in [0.2, 0.25) is 0 Å². The molecule has 4 nitrogen and oxygen atoms in total. The molecule has 24 heavy (non-hydrogen) atoms. The summed E-state index contributed by atoms with van der Waals surface area (Å²) in [4.78, 5) is 15.5. The molecule has 3 saturated heterocycles. The maximum atomic E-state index is 12.8. The molecule has 0 aromatic heterocycles. The van der Waals surface area contributed by atoms with Crippen molar-refractivity contribution in [3.05, 3.63) is 12.2 Å². The van der Waals surface area contributed by atoms with E-state index in [4.69, 9.17) is 0 Å². The molecule has 6 saturated carbocycles. The van der Waals surface area contributed by atoms with Crippen LogP contribution in [0.1, 0.15) is 32.6 Å². The van der Waals surface area contributed by atoms with Gasteiger partial charge in [0.05, 0.1) is 12.2 Å². The van der Waals surface area contributed by atoms with Gasteiger partial charge < -0.3 is 10.2 Å². The third-order valence-corrected chi connectivity index (χ3v) is 9.96. The lowest BCUT2D eigenvalue weighted by molar-refractivity contribution is -0.207. The van der Waals surface area contributed by atoms with E-state index in [1.165, 1.54) is 0 Å². The van der Waals surface area contributed by atoms with Crippen LogP contribution in [0, 0.1) is 39.9 Å². The average Bonchev–Trinajstić information content (AvgIpc) is 2.88. The summed E-state index contributed by atoms with van der Waals surface area (Å²) in [6, 6.07) is 0.897. The number of Topliss-reactive ketones (excluding diaryl/α,β-unsaturated/α-hetero) is 1. The molecule has 6 aliphatic carbocycles. The zero-order valence-corrected chi connectivity index (χ0v) is 14.1. The van der Waals surface area contributed by atoms with Gasteiger partial charge in [-0.3, -0.25) is 9.69 Å². The highest BCUT2D eigenvalue weighted by Gasteiger charge is 2.90. The number of aliphatic hydroxyl groups is 2. The molecule has 2 unspecified atom stereocenters. The van der Waals surface area contributed by atoms with Crippen LogP contribution in [0.3, 0.4) is 0 Å². The van der Waals surface area contributed by atoms with Gasteiger partial charge >= 0.3 is 0 Å². The second-order valence-corrected chi connectivity index (χ2v) is 10.6. The molecule has 128 valence electrons. The fourth-order valence-corrected chi connectivity index (χ4v) is 10.4. The van der Waals surface area contributed by atoms with Crippen LogP contribution in [-0.4, -0.2) is 51.7 Å². The molecule has 4 heteroatoms. The van der Waals surface area contributed by atoms with Crippen molar-refractivity contribution in [2.45, 2.75) is 56.9 Å². The maximum absolute atomic E-state index is 12.8. The molecule has 2 N–H and O–H groups in total. The first-order valence-corrected chi connectivity index (χ1v) is 9.66. The van der Waals surface area contributed by atoms with Gasteiger partial charge in [-0.15, -0.1) is 0 Å². The van der Waals surface area contributed by atoms with Crippen molar-refractivity contribution in [1.29, 1.82) is 0 Å². The van der Waals surface area contributed by atoms with E-state index in [1.807, 2.05) is 0 Å². The molecule has 9 fully saturated rings. The van der Waals surface area contributed by atoms with Gasteiger partial charge in [-0.1, -0.05) is 19.1 Å². The number of ketones is 1. The van der Waals surface area contributed by atoms with Crippen LogP contribution in [0.25, 0.3) is 0 Å². The lowest BCUT2D eigenvalue weighted by atomic mass is 9.40. The fourth-order valence-electron chi connectivity index (χ4n) is 10.4. The number of hydrogen-bond donors (Lipinski definition) is 2. The Balaban J connectivity index is 1.55. The van der Waals surface area contributed by atoms with Gasteiger partial charge in [-0.05, 0) is 35.5 Å². The Labute approximate surface area is 141 Å². The molecule has 0 amide bonds. The van der Waals surface area contributed by atoms with E-state index in [1.54, 1.807) is 0 Å². The van der Waals surface area contributed by atoms with Gasteiger partial charge in [-0.25, -0.2) is 0 Å². The van der Waals surface area contributed by atoms with Crippen molar-refractivity contribution in [2.75, 3.05) is 6.54 Å². The predicted molar refractivity (Wildman–Crippen MR) is 85.8 cm³/mol. The molecule has 2 spiro atoms. The van der Waals surface area contributed by atoms with Gasteiger partial charge in [-0.2, -0.15) is 0 Å². The van der Waals surface area contributed by atoms with E-state index in [0.717, 1.165) is 31.4 Å². The molecule has 9 bridgehead atoms. The molecule has 0 radical (unpaired) electrons. The topological polar surface area (TPSA) is 60.8 Å². The number of aliphatic hydroxyl groups excluding tert-OH is 2. The fraction of sp³-hybridized carbons (Fsp3) is 0.850. The summed E-state index contributed by atoms with van der Waals surface area (Å²) in [5.41, 5.74) is 1.10. The monoisotopic (exact) mass is 327 g/mol. The number of hydrogen-bond acceptors (Lipinski definition) is 4. The van der Waals surface area contributed by atoms with Crippen LogP contribution in [0.5, 0.6) is 0 Å². The molecule has 9 aliphatic rings. The number of fused-ring (bicyclic) bond motifs is 1. The van der Waals surface area contributed by atoms with Gasteiger partial charge in [0, 0.05) is 48.7 Å².